The van der Waals surface area contributed by atoms with E-state index in [0.29, 0.717) is 16.9 Å². The SMILES string of the molecule is CC1(C)O[C@@H]2[C@H](O1)[C@@H](COCP(=O)(O)Oc1ccccc1)O[C@H]2n1ccc2c(NC3CCCC3)c(C#N)c(Cl)nc21. The predicted octanol–water partition coefficient (Wildman–Crippen LogP) is 5.57. The van der Waals surface area contributed by atoms with E-state index in [4.69, 9.17) is 35.1 Å². The molecule has 0 amide bonds. The zero-order chi connectivity index (χ0) is 28.8. The van der Waals surface area contributed by atoms with Gasteiger partial charge in [0.1, 0.15) is 41.3 Å². The summed E-state index contributed by atoms with van der Waals surface area (Å²) >= 11 is 6.52. The fourth-order valence-corrected chi connectivity index (χ4v) is 6.90. The maximum Gasteiger partial charge on any atom is 0.402 e. The van der Waals surface area contributed by atoms with Crippen molar-refractivity contribution >= 4 is 35.9 Å². The third-order valence-corrected chi connectivity index (χ3v) is 8.84. The summed E-state index contributed by atoms with van der Waals surface area (Å²) in [4.78, 5) is 14.9. The van der Waals surface area contributed by atoms with Crippen LogP contribution in [0, 0.1) is 11.3 Å². The fourth-order valence-electron chi connectivity index (χ4n) is 5.84. The molecule has 2 N–H and O–H groups in total. The van der Waals surface area contributed by atoms with E-state index in [9.17, 15) is 14.7 Å². The number of pyridine rings is 1. The number of anilines is 1. The van der Waals surface area contributed by atoms with Gasteiger partial charge in [-0.05, 0) is 44.9 Å². The van der Waals surface area contributed by atoms with Crippen LogP contribution in [0.25, 0.3) is 11.0 Å². The number of para-hydroxylation sites is 1. The highest BCUT2D eigenvalue weighted by molar-refractivity contribution is 7.53. The minimum Gasteiger partial charge on any atom is -0.423 e. The van der Waals surface area contributed by atoms with Crippen LogP contribution in [-0.2, 0) is 23.5 Å². The maximum atomic E-state index is 12.6. The van der Waals surface area contributed by atoms with Crippen LogP contribution >= 0.6 is 19.2 Å². The lowest BCUT2D eigenvalue weighted by atomic mass is 10.1. The standard InChI is InChI=1S/C28H32ClN4O7P/c1-28(2)38-23-21(15-36-16-41(34,35)40-18-10-4-3-5-11-18)37-27(24(23)39-28)33-13-12-19-22(31-17-8-6-7-9-17)20(14-30)25(29)32-26(19)33/h3-5,10-13,17,21,23-24,27H,6-9,15-16H2,1-2H3,(H,31,32)(H,34,35)/t21-,23-,24-,27-/m1/s1. The monoisotopic (exact) mass is 602 g/mol. The van der Waals surface area contributed by atoms with Gasteiger partial charge in [-0.3, -0.25) is 0 Å². The molecular formula is C28H32ClN4O7P. The molecule has 6 rings (SSSR count). The highest BCUT2D eigenvalue weighted by atomic mass is 35.5. The number of halogens is 1. The molecule has 41 heavy (non-hydrogen) atoms. The Morgan fingerprint density at radius 1 is 1.22 bits per heavy atom. The second-order valence-corrected chi connectivity index (χ2v) is 13.1. The summed E-state index contributed by atoms with van der Waals surface area (Å²) in [6.07, 6.45) is 3.38. The van der Waals surface area contributed by atoms with Gasteiger partial charge in [-0.15, -0.1) is 0 Å². The van der Waals surface area contributed by atoms with E-state index < -0.39 is 44.3 Å². The molecule has 2 aliphatic heterocycles. The van der Waals surface area contributed by atoms with E-state index >= 15 is 0 Å². The van der Waals surface area contributed by atoms with Gasteiger partial charge >= 0.3 is 7.60 Å². The van der Waals surface area contributed by atoms with Gasteiger partial charge in [0, 0.05) is 17.6 Å². The topological polar surface area (TPSA) is 137 Å². The molecule has 1 aliphatic carbocycles. The van der Waals surface area contributed by atoms with Crippen LogP contribution in [0.2, 0.25) is 5.15 Å². The van der Waals surface area contributed by atoms with E-state index in [1.54, 1.807) is 30.3 Å². The summed E-state index contributed by atoms with van der Waals surface area (Å²) in [5.41, 5.74) is 1.53. The lowest BCUT2D eigenvalue weighted by Crippen LogP contribution is -2.33. The predicted molar refractivity (Wildman–Crippen MR) is 151 cm³/mol. The molecule has 13 heteroatoms. The number of nitrogens with one attached hydrogen (secondary N) is 1. The number of ether oxygens (including phenoxy) is 4. The van der Waals surface area contributed by atoms with Crippen LogP contribution in [-0.4, -0.2) is 57.5 Å². The van der Waals surface area contributed by atoms with Gasteiger partial charge in [0.05, 0.1) is 12.3 Å². The van der Waals surface area contributed by atoms with Crippen LogP contribution in [0.5, 0.6) is 5.75 Å². The molecule has 0 radical (unpaired) electrons. The molecule has 0 spiro atoms. The van der Waals surface area contributed by atoms with Crippen molar-refractivity contribution in [3.05, 3.63) is 53.3 Å². The van der Waals surface area contributed by atoms with Gasteiger partial charge in [0.15, 0.2) is 23.5 Å². The number of nitrogens with zero attached hydrogens (tertiary/aromatic N) is 3. The van der Waals surface area contributed by atoms with Crippen LogP contribution in [0.3, 0.4) is 0 Å². The van der Waals surface area contributed by atoms with Crippen molar-refractivity contribution < 1.29 is 32.9 Å². The van der Waals surface area contributed by atoms with Crippen LogP contribution in [0.4, 0.5) is 5.69 Å². The molecule has 1 aromatic carbocycles. The minimum absolute atomic E-state index is 0.0275. The second-order valence-electron chi connectivity index (χ2n) is 11.0. The van der Waals surface area contributed by atoms with E-state index in [2.05, 4.69) is 16.4 Å². The van der Waals surface area contributed by atoms with Crippen LogP contribution in [0.1, 0.15) is 51.3 Å². The number of fused-ring (bicyclic) bond motifs is 2. The van der Waals surface area contributed by atoms with Gasteiger partial charge in [-0.1, -0.05) is 42.6 Å². The number of aromatic nitrogens is 2. The summed E-state index contributed by atoms with van der Waals surface area (Å²) in [6, 6.07) is 12.8. The Labute approximate surface area is 242 Å². The number of hydrogen-bond donors (Lipinski definition) is 2. The van der Waals surface area contributed by atoms with Crippen molar-refractivity contribution in [2.24, 2.45) is 0 Å². The van der Waals surface area contributed by atoms with Gasteiger partial charge < -0.3 is 38.2 Å². The van der Waals surface area contributed by atoms with Crippen LogP contribution < -0.4 is 9.84 Å². The van der Waals surface area contributed by atoms with Crippen LogP contribution in [0.15, 0.2) is 42.6 Å². The molecule has 2 aromatic heterocycles. The first-order chi connectivity index (χ1) is 19.6. The molecule has 218 valence electrons. The highest BCUT2D eigenvalue weighted by Gasteiger charge is 2.56. The Morgan fingerprint density at radius 2 is 1.95 bits per heavy atom. The quantitative estimate of drug-likeness (QED) is 0.236. The Morgan fingerprint density at radius 3 is 2.68 bits per heavy atom. The molecule has 11 nitrogen and oxygen atoms in total. The zero-order valence-electron chi connectivity index (χ0n) is 22.7. The molecule has 3 fully saturated rings. The normalized spacial score (nSPS) is 27.0. The lowest BCUT2D eigenvalue weighted by Gasteiger charge is -2.25. The van der Waals surface area contributed by atoms with Crippen molar-refractivity contribution in [1.82, 2.24) is 9.55 Å². The smallest absolute Gasteiger partial charge is 0.402 e. The lowest BCUT2D eigenvalue weighted by molar-refractivity contribution is -0.201. The van der Waals surface area contributed by atoms with Gasteiger partial charge in [0.25, 0.3) is 0 Å². The van der Waals surface area contributed by atoms with E-state index in [-0.39, 0.29) is 23.6 Å². The van der Waals surface area contributed by atoms with E-state index in [1.807, 2.05) is 30.7 Å². The molecule has 3 aromatic rings. The zero-order valence-corrected chi connectivity index (χ0v) is 24.4. The Hall–Kier alpha value is -2.68. The number of rotatable bonds is 9. The van der Waals surface area contributed by atoms with Gasteiger partial charge in [-0.25, -0.2) is 9.55 Å². The molecule has 1 unspecified atom stereocenters. The molecule has 3 aliphatic rings. The maximum absolute atomic E-state index is 12.6. The largest absolute Gasteiger partial charge is 0.423 e. The Kier molecular flexibility index (Phi) is 7.76. The number of hydrogen-bond acceptors (Lipinski definition) is 9. The molecule has 1 saturated carbocycles. The number of nitriles is 1. The number of benzene rings is 1. The van der Waals surface area contributed by atoms with E-state index in [0.717, 1.165) is 31.1 Å². The first-order valence-corrected chi connectivity index (χ1v) is 15.8. The van der Waals surface area contributed by atoms with Crippen molar-refractivity contribution in [3.63, 3.8) is 0 Å². The summed E-state index contributed by atoms with van der Waals surface area (Å²) in [5.74, 6) is -0.601. The molecule has 0 bridgehead atoms. The summed E-state index contributed by atoms with van der Waals surface area (Å²) in [5, 5.41) is 14.2. The van der Waals surface area contributed by atoms with Crippen molar-refractivity contribution in [3.8, 4) is 11.8 Å². The van der Waals surface area contributed by atoms with Gasteiger partial charge in [-0.2, -0.15) is 5.26 Å². The third-order valence-electron chi connectivity index (χ3n) is 7.56. The van der Waals surface area contributed by atoms with Gasteiger partial charge in [0.2, 0.25) is 0 Å². The summed E-state index contributed by atoms with van der Waals surface area (Å²) in [7, 11) is -4.07. The summed E-state index contributed by atoms with van der Waals surface area (Å²) < 4.78 is 44.1. The molecular weight excluding hydrogens is 571 g/mol. The minimum atomic E-state index is -4.07. The second kappa shape index (κ2) is 11.2. The fraction of sp³-hybridized carbons (Fsp3) is 0.500. The first kappa shape index (κ1) is 28.4. The molecule has 4 heterocycles. The summed E-state index contributed by atoms with van der Waals surface area (Å²) in [6.45, 7) is 3.61. The van der Waals surface area contributed by atoms with E-state index in [1.165, 1.54) is 0 Å². The molecule has 5 atom stereocenters. The Bertz CT molecular complexity index is 1500. The van der Waals surface area contributed by atoms with Crippen molar-refractivity contribution in [1.29, 1.82) is 5.26 Å². The highest BCUT2D eigenvalue weighted by Crippen LogP contribution is 2.46. The molecule has 2 saturated heterocycles. The van der Waals surface area contributed by atoms with Crippen molar-refractivity contribution in [2.45, 2.75) is 75.9 Å². The average molecular weight is 603 g/mol. The average Bonchev–Trinajstić information content (AvgIpc) is 3.69. The third kappa shape index (κ3) is 5.84. The van der Waals surface area contributed by atoms with Crippen molar-refractivity contribution in [2.75, 3.05) is 18.3 Å². The Balaban J connectivity index is 1.23. The first-order valence-electron chi connectivity index (χ1n) is 13.7.